The smallest absolute Gasteiger partial charge is 0.276 e. The minimum Gasteiger partial charge on any atom is -0.353 e. The number of hydrogen-bond donors (Lipinski definition) is 2. The first-order valence-corrected chi connectivity index (χ1v) is 9.45. The van der Waals surface area contributed by atoms with Crippen molar-refractivity contribution in [2.24, 2.45) is 16.9 Å². The molecule has 0 bridgehead atoms. The number of rotatable bonds is 4. The van der Waals surface area contributed by atoms with Crippen LogP contribution < -0.4 is 10.1 Å². The van der Waals surface area contributed by atoms with Crippen LogP contribution in [-0.4, -0.2) is 26.6 Å². The molecule has 0 radical (unpaired) electrons. The summed E-state index contributed by atoms with van der Waals surface area (Å²) in [7, 11) is -3.68. The van der Waals surface area contributed by atoms with E-state index in [0.29, 0.717) is 5.92 Å². The van der Waals surface area contributed by atoms with Crippen molar-refractivity contribution in [1.82, 2.24) is 10.1 Å². The quantitative estimate of drug-likeness (QED) is 0.648. The molecular formula is C16H21N3O3S. The standard InChI is InChI=1S/C16H21N3O3S/c20-16-13(10-12-6-4-5-9-15(12)18-16)11-17-19-23(21,22)14-7-2-1-3-8-14/h1-3,7-8,11-13,15,19H,4-6,9-10H2,(H,18,20)/b17-11+. The molecule has 1 aromatic carbocycles. The number of hydrogen-bond acceptors (Lipinski definition) is 4. The minimum absolute atomic E-state index is 0.0594. The SMILES string of the molecule is O=C1NC2CCCCC2CC1/C=N/NS(=O)(=O)c1ccccc1. The van der Waals surface area contributed by atoms with Gasteiger partial charge in [-0.15, -0.1) is 0 Å². The summed E-state index contributed by atoms with van der Waals surface area (Å²) < 4.78 is 24.1. The lowest BCUT2D eigenvalue weighted by Gasteiger charge is -2.38. The number of nitrogens with one attached hydrogen (secondary N) is 2. The van der Waals surface area contributed by atoms with Crippen molar-refractivity contribution in [1.29, 1.82) is 0 Å². The van der Waals surface area contributed by atoms with E-state index < -0.39 is 10.0 Å². The lowest BCUT2D eigenvalue weighted by Crippen LogP contribution is -2.51. The molecule has 0 aromatic heterocycles. The molecule has 3 unspecified atom stereocenters. The van der Waals surface area contributed by atoms with Crippen LogP contribution in [0.2, 0.25) is 0 Å². The van der Waals surface area contributed by atoms with Crippen molar-refractivity contribution < 1.29 is 13.2 Å². The van der Waals surface area contributed by atoms with Crippen LogP contribution in [0.25, 0.3) is 0 Å². The van der Waals surface area contributed by atoms with Crippen LogP contribution in [0.15, 0.2) is 40.3 Å². The van der Waals surface area contributed by atoms with Gasteiger partial charge in [0.25, 0.3) is 10.0 Å². The summed E-state index contributed by atoms with van der Waals surface area (Å²) in [6.45, 7) is 0. The average molecular weight is 335 g/mol. The van der Waals surface area contributed by atoms with Crippen LogP contribution in [0, 0.1) is 11.8 Å². The Bertz CT molecular complexity index is 688. The molecule has 6 nitrogen and oxygen atoms in total. The van der Waals surface area contributed by atoms with Crippen LogP contribution in [0.3, 0.4) is 0 Å². The molecule has 1 aromatic rings. The lowest BCUT2D eigenvalue weighted by molar-refractivity contribution is -0.127. The lowest BCUT2D eigenvalue weighted by atomic mass is 9.76. The molecule has 7 heteroatoms. The number of carbonyl (C=O) groups excluding carboxylic acids is 1. The van der Waals surface area contributed by atoms with Crippen molar-refractivity contribution in [2.75, 3.05) is 0 Å². The van der Waals surface area contributed by atoms with E-state index in [0.717, 1.165) is 25.7 Å². The number of fused-ring (bicyclic) bond motifs is 1. The van der Waals surface area contributed by atoms with E-state index in [1.54, 1.807) is 18.2 Å². The molecule has 1 aliphatic heterocycles. The number of benzene rings is 1. The highest BCUT2D eigenvalue weighted by Gasteiger charge is 2.36. The Morgan fingerprint density at radius 2 is 1.91 bits per heavy atom. The Hall–Kier alpha value is -1.89. The van der Waals surface area contributed by atoms with E-state index in [1.807, 2.05) is 0 Å². The maximum absolute atomic E-state index is 12.1. The van der Waals surface area contributed by atoms with E-state index in [1.165, 1.54) is 24.8 Å². The topological polar surface area (TPSA) is 87.6 Å². The first-order chi connectivity index (χ1) is 11.1. The molecule has 23 heavy (non-hydrogen) atoms. The van der Waals surface area contributed by atoms with Gasteiger partial charge in [0, 0.05) is 12.3 Å². The largest absolute Gasteiger partial charge is 0.353 e. The fourth-order valence-electron chi connectivity index (χ4n) is 3.37. The van der Waals surface area contributed by atoms with Crippen molar-refractivity contribution in [3.05, 3.63) is 30.3 Å². The molecule has 3 atom stereocenters. The summed E-state index contributed by atoms with van der Waals surface area (Å²) in [5.74, 6) is 0.0484. The van der Waals surface area contributed by atoms with Crippen molar-refractivity contribution in [2.45, 2.75) is 43.0 Å². The first-order valence-electron chi connectivity index (χ1n) is 7.97. The molecule has 1 heterocycles. The Labute approximate surface area is 136 Å². The van der Waals surface area contributed by atoms with Gasteiger partial charge in [-0.25, -0.2) is 4.83 Å². The fourth-order valence-corrected chi connectivity index (χ4v) is 4.19. The minimum atomic E-state index is -3.68. The molecule has 1 aliphatic carbocycles. The highest BCUT2D eigenvalue weighted by atomic mass is 32.2. The monoisotopic (exact) mass is 335 g/mol. The number of amides is 1. The van der Waals surface area contributed by atoms with Gasteiger partial charge in [0.15, 0.2) is 0 Å². The molecule has 0 spiro atoms. The van der Waals surface area contributed by atoms with Crippen molar-refractivity contribution in [3.63, 3.8) is 0 Å². The zero-order valence-electron chi connectivity index (χ0n) is 12.8. The number of sulfonamides is 1. The van der Waals surface area contributed by atoms with Gasteiger partial charge in [-0.2, -0.15) is 13.5 Å². The number of hydrazone groups is 1. The normalized spacial score (nSPS) is 28.2. The molecule has 2 fully saturated rings. The van der Waals surface area contributed by atoms with E-state index >= 15 is 0 Å². The molecule has 1 saturated carbocycles. The second-order valence-electron chi connectivity index (χ2n) is 6.19. The maximum Gasteiger partial charge on any atom is 0.276 e. The second kappa shape index (κ2) is 6.70. The Morgan fingerprint density at radius 3 is 2.70 bits per heavy atom. The van der Waals surface area contributed by atoms with Crippen molar-refractivity contribution >= 4 is 22.1 Å². The van der Waals surface area contributed by atoms with Gasteiger partial charge in [0.2, 0.25) is 5.91 Å². The Morgan fingerprint density at radius 1 is 1.17 bits per heavy atom. The second-order valence-corrected chi connectivity index (χ2v) is 7.85. The predicted octanol–water partition coefficient (Wildman–Crippen LogP) is 1.65. The number of nitrogens with zero attached hydrogens (tertiary/aromatic N) is 1. The third-order valence-corrected chi connectivity index (χ3v) is 5.85. The van der Waals surface area contributed by atoms with Crippen LogP contribution in [0.1, 0.15) is 32.1 Å². The Balaban J connectivity index is 1.62. The highest BCUT2D eigenvalue weighted by molar-refractivity contribution is 7.89. The molecular weight excluding hydrogens is 314 g/mol. The van der Waals surface area contributed by atoms with Gasteiger partial charge in [-0.05, 0) is 37.3 Å². The highest BCUT2D eigenvalue weighted by Crippen LogP contribution is 2.32. The first kappa shape index (κ1) is 16.0. The summed E-state index contributed by atoms with van der Waals surface area (Å²) in [5, 5.41) is 6.85. The summed E-state index contributed by atoms with van der Waals surface area (Å²) in [6.07, 6.45) is 6.68. The molecule has 124 valence electrons. The van der Waals surface area contributed by atoms with Crippen LogP contribution in [0.4, 0.5) is 0 Å². The Kier molecular flexibility index (Phi) is 4.66. The molecule has 1 amide bonds. The summed E-state index contributed by atoms with van der Waals surface area (Å²) >= 11 is 0. The average Bonchev–Trinajstić information content (AvgIpc) is 2.56. The number of carbonyl (C=O) groups is 1. The van der Waals surface area contributed by atoms with Crippen LogP contribution >= 0.6 is 0 Å². The fraction of sp³-hybridized carbons (Fsp3) is 0.500. The van der Waals surface area contributed by atoms with Gasteiger partial charge in [0.05, 0.1) is 10.8 Å². The van der Waals surface area contributed by atoms with E-state index in [2.05, 4.69) is 15.2 Å². The van der Waals surface area contributed by atoms with Crippen LogP contribution in [-0.2, 0) is 14.8 Å². The third kappa shape index (κ3) is 3.72. The molecule has 2 N–H and O–H groups in total. The molecule has 3 rings (SSSR count). The van der Waals surface area contributed by atoms with E-state index in [4.69, 9.17) is 0 Å². The maximum atomic E-state index is 12.1. The van der Waals surface area contributed by atoms with E-state index in [-0.39, 0.29) is 22.8 Å². The van der Waals surface area contributed by atoms with Crippen molar-refractivity contribution in [3.8, 4) is 0 Å². The number of piperidine rings is 1. The van der Waals surface area contributed by atoms with Gasteiger partial charge < -0.3 is 5.32 Å². The predicted molar refractivity (Wildman–Crippen MR) is 87.3 cm³/mol. The van der Waals surface area contributed by atoms with Gasteiger partial charge in [-0.3, -0.25) is 4.79 Å². The summed E-state index contributed by atoms with van der Waals surface area (Å²) in [6, 6.07) is 8.32. The molecule has 2 aliphatic rings. The van der Waals surface area contributed by atoms with Gasteiger partial charge >= 0.3 is 0 Å². The zero-order valence-corrected chi connectivity index (χ0v) is 13.6. The zero-order chi connectivity index (χ0) is 16.3. The van der Waals surface area contributed by atoms with E-state index in [9.17, 15) is 13.2 Å². The summed E-state index contributed by atoms with van der Waals surface area (Å²) in [5.41, 5.74) is 0. The van der Waals surface area contributed by atoms with Gasteiger partial charge in [0.1, 0.15) is 0 Å². The van der Waals surface area contributed by atoms with Gasteiger partial charge in [-0.1, -0.05) is 31.0 Å². The summed E-state index contributed by atoms with van der Waals surface area (Å²) in [4.78, 5) is 14.4. The molecule has 1 saturated heterocycles. The third-order valence-electron chi connectivity index (χ3n) is 4.61. The van der Waals surface area contributed by atoms with Crippen LogP contribution in [0.5, 0.6) is 0 Å².